The minimum atomic E-state index is -0.666. The molecular formula is C31H41O2P. The minimum Gasteiger partial charge on any atom is -0.507 e. The first kappa shape index (κ1) is 26.5. The Labute approximate surface area is 208 Å². The Kier molecular flexibility index (Phi) is 8.61. The summed E-state index contributed by atoms with van der Waals surface area (Å²) in [5.41, 5.74) is 5.09. The molecule has 0 aromatic heterocycles. The molecule has 0 aliphatic rings. The van der Waals surface area contributed by atoms with E-state index in [4.69, 9.17) is 0 Å². The molecule has 0 fully saturated rings. The largest absolute Gasteiger partial charge is 0.507 e. The molecule has 3 aromatic rings. The Hall–Kier alpha value is -2.15. The van der Waals surface area contributed by atoms with Crippen molar-refractivity contribution in [1.29, 1.82) is 0 Å². The predicted molar refractivity (Wildman–Crippen MR) is 148 cm³/mol. The fourth-order valence-corrected chi connectivity index (χ4v) is 6.35. The van der Waals surface area contributed by atoms with Crippen molar-refractivity contribution >= 4 is 13.9 Å². The fraction of sp³-hybridized carbons (Fsp3) is 0.419. The van der Waals surface area contributed by atoms with Gasteiger partial charge in [-0.15, -0.1) is 0 Å². The maximum atomic E-state index is 11.3. The van der Waals surface area contributed by atoms with Crippen molar-refractivity contribution < 1.29 is 10.2 Å². The number of benzene rings is 3. The van der Waals surface area contributed by atoms with Crippen molar-refractivity contribution in [2.45, 2.75) is 83.9 Å². The van der Waals surface area contributed by atoms with E-state index < -0.39 is 6.10 Å². The number of phenolic OH excluding ortho intramolecular Hbond substituents is 1. The molecule has 0 radical (unpaired) electrons. The molecule has 0 aliphatic carbocycles. The zero-order valence-corrected chi connectivity index (χ0v) is 22.7. The summed E-state index contributed by atoms with van der Waals surface area (Å²) in [4.78, 5) is 0. The van der Waals surface area contributed by atoms with Crippen LogP contribution in [0.2, 0.25) is 0 Å². The van der Waals surface area contributed by atoms with Gasteiger partial charge in [0.1, 0.15) is 11.9 Å². The van der Waals surface area contributed by atoms with Crippen LogP contribution < -0.4 is 5.30 Å². The number of unbranched alkanes of at least 4 members (excludes halogenated alkanes) is 2. The van der Waals surface area contributed by atoms with Crippen LogP contribution in [0.1, 0.15) is 94.2 Å². The molecule has 0 bridgehead atoms. The van der Waals surface area contributed by atoms with E-state index in [0.29, 0.717) is 14.3 Å². The zero-order valence-electron chi connectivity index (χ0n) is 21.7. The molecule has 0 amide bonds. The lowest BCUT2D eigenvalue weighted by atomic mass is 9.82. The van der Waals surface area contributed by atoms with E-state index >= 15 is 0 Å². The maximum Gasteiger partial charge on any atom is 0.122 e. The number of aryl methyl sites for hydroxylation is 1. The summed E-state index contributed by atoms with van der Waals surface area (Å²) in [5.74, 6) is 0.417. The summed E-state index contributed by atoms with van der Waals surface area (Å²) in [6.45, 7) is 13.2. The molecule has 0 heterocycles. The standard InChI is InChI=1S/C31H41O2P/c1-7-8-14-19-31(6,26-21-24(30(3,4)5)20-22(2)28(26)32)34-27-18-13-12-17-25(27)29(33)23-15-10-9-11-16-23/h9-13,15-18,20-21,29,32-34H,7-8,14,19H2,1-6H3. The van der Waals surface area contributed by atoms with Crippen LogP contribution in [0.15, 0.2) is 66.7 Å². The molecule has 0 saturated carbocycles. The third-order valence-corrected chi connectivity index (χ3v) is 8.62. The molecular weight excluding hydrogens is 435 g/mol. The average molecular weight is 477 g/mol. The first-order valence-corrected chi connectivity index (χ1v) is 13.5. The van der Waals surface area contributed by atoms with Crippen LogP contribution in [0.5, 0.6) is 5.75 Å². The van der Waals surface area contributed by atoms with E-state index in [-0.39, 0.29) is 10.6 Å². The van der Waals surface area contributed by atoms with Crippen LogP contribution in [0.4, 0.5) is 0 Å². The number of rotatable bonds is 9. The van der Waals surface area contributed by atoms with E-state index in [1.54, 1.807) is 0 Å². The Balaban J connectivity index is 2.10. The van der Waals surface area contributed by atoms with E-state index in [1.165, 1.54) is 12.0 Å². The summed E-state index contributed by atoms with van der Waals surface area (Å²) in [5, 5.41) is 23.5. The van der Waals surface area contributed by atoms with Crippen molar-refractivity contribution in [3.63, 3.8) is 0 Å². The highest BCUT2D eigenvalue weighted by atomic mass is 31.1. The van der Waals surface area contributed by atoms with Crippen LogP contribution in [-0.2, 0) is 10.6 Å². The topological polar surface area (TPSA) is 40.5 Å². The smallest absolute Gasteiger partial charge is 0.122 e. The summed E-state index contributed by atoms with van der Waals surface area (Å²) >= 11 is 0. The van der Waals surface area contributed by atoms with Gasteiger partial charge >= 0.3 is 0 Å². The molecule has 3 unspecified atom stereocenters. The molecule has 0 saturated heterocycles. The second-order valence-electron chi connectivity index (χ2n) is 10.8. The zero-order chi connectivity index (χ0) is 24.9. The Morgan fingerprint density at radius 3 is 2.18 bits per heavy atom. The van der Waals surface area contributed by atoms with Gasteiger partial charge in [0.05, 0.1) is 0 Å². The molecule has 3 aromatic carbocycles. The maximum absolute atomic E-state index is 11.3. The number of aliphatic hydroxyl groups excluding tert-OH is 1. The van der Waals surface area contributed by atoms with Gasteiger partial charge in [0.2, 0.25) is 0 Å². The van der Waals surface area contributed by atoms with Gasteiger partial charge in [0.15, 0.2) is 0 Å². The summed E-state index contributed by atoms with van der Waals surface area (Å²) in [7, 11) is 0.426. The summed E-state index contributed by atoms with van der Waals surface area (Å²) in [6, 6.07) is 22.5. The highest BCUT2D eigenvalue weighted by Gasteiger charge is 2.33. The minimum absolute atomic E-state index is 0.00204. The first-order chi connectivity index (χ1) is 16.1. The number of hydrogen-bond acceptors (Lipinski definition) is 2. The SMILES string of the molecule is CCCCCC(C)(Pc1ccccc1C(O)c1ccccc1)c1cc(C(C)(C)C)cc(C)c1O. The molecule has 0 aliphatic heterocycles. The van der Waals surface area contributed by atoms with Crippen LogP contribution in [-0.4, -0.2) is 10.2 Å². The van der Waals surface area contributed by atoms with Crippen molar-refractivity contribution in [1.82, 2.24) is 0 Å². The van der Waals surface area contributed by atoms with Gasteiger partial charge in [-0.05, 0) is 46.3 Å². The highest BCUT2D eigenvalue weighted by Crippen LogP contribution is 2.50. The molecule has 2 nitrogen and oxygen atoms in total. The third kappa shape index (κ3) is 6.09. The molecule has 2 N–H and O–H groups in total. The van der Waals surface area contributed by atoms with Crippen LogP contribution in [0.3, 0.4) is 0 Å². The number of aliphatic hydroxyl groups is 1. The average Bonchev–Trinajstić information content (AvgIpc) is 2.80. The van der Waals surface area contributed by atoms with Gasteiger partial charge in [-0.2, -0.15) is 0 Å². The Morgan fingerprint density at radius 1 is 0.882 bits per heavy atom. The summed E-state index contributed by atoms with van der Waals surface area (Å²) in [6.07, 6.45) is 3.78. The Bertz CT molecular complexity index is 1080. The van der Waals surface area contributed by atoms with Crippen molar-refractivity contribution in [3.8, 4) is 5.75 Å². The highest BCUT2D eigenvalue weighted by molar-refractivity contribution is 7.48. The molecule has 3 heteroatoms. The molecule has 3 rings (SSSR count). The van der Waals surface area contributed by atoms with Gasteiger partial charge in [-0.3, -0.25) is 0 Å². The predicted octanol–water partition coefficient (Wildman–Crippen LogP) is 7.88. The van der Waals surface area contributed by atoms with E-state index in [9.17, 15) is 10.2 Å². The van der Waals surface area contributed by atoms with Crippen LogP contribution in [0, 0.1) is 6.92 Å². The lowest BCUT2D eigenvalue weighted by Gasteiger charge is -2.34. The molecule has 3 atom stereocenters. The molecule has 0 spiro atoms. The summed E-state index contributed by atoms with van der Waals surface area (Å²) < 4.78 is 0. The second-order valence-corrected chi connectivity index (χ2v) is 12.6. The number of hydrogen-bond donors (Lipinski definition) is 2. The second kappa shape index (κ2) is 11.1. The van der Waals surface area contributed by atoms with E-state index in [1.807, 2.05) is 49.4 Å². The lowest BCUT2D eigenvalue weighted by molar-refractivity contribution is 0.221. The van der Waals surface area contributed by atoms with Crippen molar-refractivity contribution in [2.24, 2.45) is 0 Å². The number of aromatic hydroxyl groups is 1. The van der Waals surface area contributed by atoms with Gasteiger partial charge in [0, 0.05) is 10.7 Å². The van der Waals surface area contributed by atoms with Crippen molar-refractivity contribution in [3.05, 3.63) is 94.5 Å². The van der Waals surface area contributed by atoms with E-state index in [0.717, 1.165) is 46.8 Å². The normalized spacial score (nSPS) is 14.9. The molecule has 182 valence electrons. The van der Waals surface area contributed by atoms with Gasteiger partial charge in [-0.1, -0.05) is 129 Å². The van der Waals surface area contributed by atoms with Gasteiger partial charge < -0.3 is 10.2 Å². The Morgan fingerprint density at radius 2 is 1.53 bits per heavy atom. The van der Waals surface area contributed by atoms with Crippen LogP contribution >= 0.6 is 8.58 Å². The van der Waals surface area contributed by atoms with E-state index in [2.05, 4.69) is 58.9 Å². The number of phenols is 1. The lowest BCUT2D eigenvalue weighted by Crippen LogP contribution is -2.24. The monoisotopic (exact) mass is 476 g/mol. The fourth-order valence-electron chi connectivity index (χ4n) is 4.59. The molecule has 34 heavy (non-hydrogen) atoms. The van der Waals surface area contributed by atoms with Gasteiger partial charge in [0.25, 0.3) is 0 Å². The third-order valence-electron chi connectivity index (χ3n) is 6.82. The van der Waals surface area contributed by atoms with Crippen molar-refractivity contribution in [2.75, 3.05) is 0 Å². The van der Waals surface area contributed by atoms with Crippen LogP contribution in [0.25, 0.3) is 0 Å². The quantitative estimate of drug-likeness (QED) is 0.244. The van der Waals surface area contributed by atoms with Gasteiger partial charge in [-0.25, -0.2) is 0 Å². The first-order valence-electron chi connectivity index (χ1n) is 12.5.